The summed E-state index contributed by atoms with van der Waals surface area (Å²) in [5, 5.41) is 4.27. The van der Waals surface area contributed by atoms with E-state index in [4.69, 9.17) is 4.52 Å². The molecule has 2 nitrogen and oxygen atoms in total. The van der Waals surface area contributed by atoms with E-state index in [0.717, 1.165) is 12.4 Å². The number of nitrogens with zero attached hydrogens (tertiary/aromatic N) is 2. The van der Waals surface area contributed by atoms with Crippen LogP contribution in [0.15, 0.2) is 83.4 Å². The monoisotopic (exact) mass is 468 g/mol. The van der Waals surface area contributed by atoms with E-state index in [0.29, 0.717) is 12.9 Å². The van der Waals surface area contributed by atoms with Gasteiger partial charge in [0.25, 0.3) is 0 Å². The van der Waals surface area contributed by atoms with Gasteiger partial charge in [0, 0.05) is 0 Å². The zero-order valence-corrected chi connectivity index (χ0v) is 20.6. The number of aromatic nitrogens is 1. The predicted octanol–water partition coefficient (Wildman–Crippen LogP) is 2.39. The Morgan fingerprint density at radius 3 is 2.51 bits per heavy atom. The van der Waals surface area contributed by atoms with Crippen molar-refractivity contribution in [1.29, 1.82) is 0 Å². The van der Waals surface area contributed by atoms with Gasteiger partial charge in [-0.1, -0.05) is 0 Å². The molecule has 6 aliphatic rings. The molecule has 5 aromatic rings. The molecule has 7 heterocycles. The number of rotatable bonds is 2. The van der Waals surface area contributed by atoms with Crippen LogP contribution in [0.3, 0.4) is 0 Å². The van der Waals surface area contributed by atoms with Crippen LogP contribution in [0, 0.1) is 0 Å². The molecule has 0 aliphatic carbocycles. The number of fused-ring (bicyclic) bond motifs is 10. The predicted molar refractivity (Wildman–Crippen MR) is 161 cm³/mol. The molecule has 0 bridgehead atoms. The van der Waals surface area contributed by atoms with E-state index in [1.165, 1.54) is 55.0 Å². The fourth-order valence-corrected chi connectivity index (χ4v) is 16.6. The van der Waals surface area contributed by atoms with Gasteiger partial charge in [0.1, 0.15) is 0 Å². The van der Waals surface area contributed by atoms with E-state index >= 15 is 0 Å². The van der Waals surface area contributed by atoms with Crippen LogP contribution in [0.4, 0.5) is 0 Å². The molecule has 4 aromatic carbocycles. The van der Waals surface area contributed by atoms with Crippen LogP contribution in [0.25, 0.3) is 38.6 Å². The quantitative estimate of drug-likeness (QED) is 0.275. The van der Waals surface area contributed by atoms with Gasteiger partial charge in [-0.2, -0.15) is 0 Å². The first-order valence-corrected chi connectivity index (χ1v) is 16.5. The molecule has 1 aromatic heterocycles. The van der Waals surface area contributed by atoms with Crippen molar-refractivity contribution in [2.75, 3.05) is 0 Å². The third kappa shape index (κ3) is 1.82. The van der Waals surface area contributed by atoms with Gasteiger partial charge >= 0.3 is 208 Å². The second kappa shape index (κ2) is 5.20. The first-order valence-electron chi connectivity index (χ1n) is 12.7. The molecule has 0 amide bonds. The Bertz CT molecular complexity index is 1950. The van der Waals surface area contributed by atoms with Gasteiger partial charge in [-0.05, 0) is 0 Å². The summed E-state index contributed by atoms with van der Waals surface area (Å²) in [5.41, 5.74) is 11.3. The van der Waals surface area contributed by atoms with Gasteiger partial charge in [-0.15, -0.1) is 0 Å². The summed E-state index contributed by atoms with van der Waals surface area (Å²) in [6.45, 7) is 5.56. The molecule has 5 radical (unpaired) electrons. The molecule has 0 N–H and O–H groups in total. The summed E-state index contributed by atoms with van der Waals surface area (Å²) in [7, 11) is 2.45. The minimum absolute atomic E-state index is 0.0443. The molecule has 0 atom stereocenters. The SMILES string of the molecule is [B]1B2[B-]P12(N=[P+]1B2[B-]B21)c1ccc2c(c1)B1c3c-2cccc3-n2c3ccccc3c3cccc1c32. The topological polar surface area (TPSA) is 17.3 Å². The van der Waals surface area contributed by atoms with Crippen molar-refractivity contribution in [1.82, 2.24) is 4.57 Å². The second-order valence-corrected chi connectivity index (χ2v) is 18.2. The van der Waals surface area contributed by atoms with E-state index in [-0.39, 0.29) is 7.47 Å². The number of hydrogen-bond donors (Lipinski definition) is 0. The Kier molecular flexibility index (Phi) is 2.67. The Hall–Kier alpha value is -2.34. The minimum atomic E-state index is -2.13. The Labute approximate surface area is 207 Å². The number of benzene rings is 4. The van der Waals surface area contributed by atoms with Crippen molar-refractivity contribution < 1.29 is 0 Å². The van der Waals surface area contributed by atoms with Crippen molar-refractivity contribution in [3.63, 3.8) is 0 Å². The fraction of sp³-hybridized carbons (Fsp3) is 0. The Morgan fingerprint density at radius 2 is 1.69 bits per heavy atom. The van der Waals surface area contributed by atoms with Crippen LogP contribution in [-0.2, 0) is 0 Å². The van der Waals surface area contributed by atoms with E-state index in [9.17, 15) is 0 Å². The average Bonchev–Trinajstić information content (AvgIpc) is 3.82. The number of para-hydroxylation sites is 2. The van der Waals surface area contributed by atoms with Gasteiger partial charge < -0.3 is 0 Å². The maximum atomic E-state index is 5.65. The summed E-state index contributed by atoms with van der Waals surface area (Å²) in [4.78, 5) is 0. The van der Waals surface area contributed by atoms with Crippen molar-refractivity contribution in [3.8, 4) is 16.8 Å². The average molecular weight is 467 g/mol. The Morgan fingerprint density at radius 1 is 0.857 bits per heavy atom. The molecular formula is C24H13B7N2P2-. The molecule has 151 valence electrons. The van der Waals surface area contributed by atoms with Gasteiger partial charge in [0.15, 0.2) is 0 Å². The van der Waals surface area contributed by atoms with E-state index in [1.54, 1.807) is 5.30 Å². The van der Waals surface area contributed by atoms with Gasteiger partial charge in [0.05, 0.1) is 0 Å². The fourth-order valence-electron chi connectivity index (χ4n) is 7.52. The summed E-state index contributed by atoms with van der Waals surface area (Å²) < 4.78 is 8.18. The van der Waals surface area contributed by atoms with E-state index < -0.39 is 6.39 Å². The normalized spacial score (nSPS) is 22.1. The van der Waals surface area contributed by atoms with Crippen LogP contribution in [0.2, 0.25) is 0 Å². The first kappa shape index (κ1) is 18.0. The van der Waals surface area contributed by atoms with Crippen molar-refractivity contribution in [2.24, 2.45) is 4.52 Å². The summed E-state index contributed by atoms with van der Waals surface area (Å²) in [5.74, 6) is 0. The van der Waals surface area contributed by atoms with E-state index in [2.05, 4.69) is 104 Å². The molecule has 4 saturated heterocycles. The van der Waals surface area contributed by atoms with Crippen molar-refractivity contribution >= 4 is 104 Å². The second-order valence-electron chi connectivity index (χ2n) is 11.3. The van der Waals surface area contributed by atoms with Crippen LogP contribution >= 0.6 is 13.9 Å². The molecule has 0 saturated carbocycles. The van der Waals surface area contributed by atoms with Gasteiger partial charge in [-0.3, -0.25) is 0 Å². The van der Waals surface area contributed by atoms with Crippen LogP contribution in [-0.4, -0.2) is 50.8 Å². The Balaban J connectivity index is 1.23. The molecule has 11 heteroatoms. The molecular weight excluding hydrogens is 454 g/mol. The molecule has 11 rings (SSSR count). The van der Waals surface area contributed by atoms with Crippen LogP contribution < -0.4 is 21.7 Å². The van der Waals surface area contributed by atoms with E-state index in [1.807, 2.05) is 0 Å². The maximum absolute atomic E-state index is 5.65. The van der Waals surface area contributed by atoms with Gasteiger partial charge in [0.2, 0.25) is 0 Å². The molecule has 0 spiro atoms. The standard InChI is InChI=1S/C24H13B7N2P2/c1-2-9-21-16(5-1)18-7-3-8-19-24(18)33(21)22-10-4-6-17-15-12-11-14(13-20(15)28(19)23(17)22)35(26-29(35)27-35)32-34-30-25-31(30)34/h1-13H/q-1. The molecule has 35 heavy (non-hydrogen) atoms. The van der Waals surface area contributed by atoms with Gasteiger partial charge in [-0.25, -0.2) is 0 Å². The third-order valence-electron chi connectivity index (χ3n) is 9.66. The third-order valence-corrected chi connectivity index (χ3v) is 18.1. The number of hydrogen-bond acceptors (Lipinski definition) is 1. The molecule has 0 unspecified atom stereocenters. The van der Waals surface area contributed by atoms with Crippen molar-refractivity contribution in [3.05, 3.63) is 78.9 Å². The van der Waals surface area contributed by atoms with Crippen molar-refractivity contribution in [2.45, 2.75) is 0 Å². The van der Waals surface area contributed by atoms with Crippen LogP contribution in [0.1, 0.15) is 0 Å². The summed E-state index contributed by atoms with van der Waals surface area (Å²) in [6.07, 6.45) is 0.320. The van der Waals surface area contributed by atoms with Crippen LogP contribution in [0.5, 0.6) is 0 Å². The first-order chi connectivity index (χ1) is 17.3. The summed E-state index contributed by atoms with van der Waals surface area (Å²) in [6, 6.07) is 30.3. The zero-order valence-electron chi connectivity index (χ0n) is 18.8. The zero-order chi connectivity index (χ0) is 22.3. The molecule has 6 aliphatic heterocycles. The molecule has 4 fully saturated rings. The summed E-state index contributed by atoms with van der Waals surface area (Å²) >= 11 is 0.